The lowest BCUT2D eigenvalue weighted by atomic mass is 9.57. The summed E-state index contributed by atoms with van der Waals surface area (Å²) >= 11 is 0. The van der Waals surface area contributed by atoms with Crippen LogP contribution in [-0.2, 0) is 29.5 Å². The normalized spacial score (nSPS) is 23.9. The molecule has 6 rings (SSSR count). The van der Waals surface area contributed by atoms with Crippen molar-refractivity contribution in [3.05, 3.63) is 59.9 Å². The third-order valence-corrected chi connectivity index (χ3v) is 13.6. The van der Waals surface area contributed by atoms with Gasteiger partial charge in [0, 0.05) is 49.6 Å². The van der Waals surface area contributed by atoms with Crippen molar-refractivity contribution in [1.82, 2.24) is 10.2 Å². The Labute approximate surface area is 278 Å². The first-order valence-electron chi connectivity index (χ1n) is 17.1. The van der Waals surface area contributed by atoms with Crippen molar-refractivity contribution in [2.45, 2.75) is 66.9 Å². The average Bonchev–Trinajstić information content (AvgIpc) is 3.84. The van der Waals surface area contributed by atoms with Crippen LogP contribution in [0.2, 0.25) is 0 Å². The number of esters is 1. The molecule has 256 valence electrons. The number of hydrogen-bond donors (Lipinski definition) is 1. The summed E-state index contributed by atoms with van der Waals surface area (Å²) in [5.41, 5.74) is 1.37. The number of anilines is 1. The summed E-state index contributed by atoms with van der Waals surface area (Å²) in [7, 11) is -0.411. The van der Waals surface area contributed by atoms with E-state index < -0.39 is 21.3 Å². The van der Waals surface area contributed by atoms with Crippen LogP contribution in [0.25, 0.3) is 0 Å². The molecule has 0 radical (unpaired) electrons. The number of sulfone groups is 1. The predicted molar refractivity (Wildman–Crippen MR) is 177 cm³/mol. The second kappa shape index (κ2) is 14.1. The smallest absolute Gasteiger partial charge is 0.406 e. The zero-order chi connectivity index (χ0) is 33.2. The van der Waals surface area contributed by atoms with E-state index in [1.54, 1.807) is 24.3 Å². The Morgan fingerprint density at radius 1 is 0.957 bits per heavy atom. The van der Waals surface area contributed by atoms with Gasteiger partial charge in [0.1, 0.15) is 5.82 Å². The first kappa shape index (κ1) is 33.7. The molecule has 2 saturated heterocycles. The topological polar surface area (TPSA) is 105 Å². The van der Waals surface area contributed by atoms with Crippen molar-refractivity contribution < 1.29 is 31.9 Å². The van der Waals surface area contributed by atoms with Gasteiger partial charge in [0.25, 0.3) is 0 Å². The van der Waals surface area contributed by atoms with Gasteiger partial charge in [-0.05, 0) is 111 Å². The van der Waals surface area contributed by atoms with Gasteiger partial charge in [-0.15, -0.1) is 0 Å². The number of nitrogens with one attached hydrogen (secondary N) is 1. The van der Waals surface area contributed by atoms with E-state index in [9.17, 15) is 22.4 Å². The average molecular weight is 670 g/mol. The lowest BCUT2D eigenvalue weighted by molar-refractivity contribution is -0.142. The Kier molecular flexibility index (Phi) is 10.1. The molecule has 0 bridgehead atoms. The van der Waals surface area contributed by atoms with E-state index in [1.165, 1.54) is 20.3 Å². The number of benzene rings is 2. The summed E-state index contributed by atoms with van der Waals surface area (Å²) in [6, 6.07) is 14.2. The van der Waals surface area contributed by atoms with Crippen LogP contribution in [0.1, 0.15) is 56.9 Å². The highest BCUT2D eigenvalue weighted by atomic mass is 32.2. The number of ether oxygens (including phenoxy) is 2. The van der Waals surface area contributed by atoms with Gasteiger partial charge in [-0.1, -0.05) is 18.6 Å². The molecule has 2 aliphatic carbocycles. The number of amides is 1. The number of carbonyl (C=O) groups is 2. The number of alkyl carbamates (subject to hydrolysis) is 1. The zero-order valence-corrected chi connectivity index (χ0v) is 28.4. The molecule has 4 aliphatic rings. The second-order valence-corrected chi connectivity index (χ2v) is 16.3. The summed E-state index contributed by atoms with van der Waals surface area (Å²) < 4.78 is 50.0. The first-order valence-corrected chi connectivity index (χ1v) is 18.6. The third kappa shape index (κ3) is 7.16. The molecule has 4 fully saturated rings. The molecular weight excluding hydrogens is 621 g/mol. The fourth-order valence-corrected chi connectivity index (χ4v) is 10.4. The molecule has 11 heteroatoms. The summed E-state index contributed by atoms with van der Waals surface area (Å²) in [5.74, 6) is 0.298. The van der Waals surface area contributed by atoms with E-state index in [-0.39, 0.29) is 34.8 Å². The highest BCUT2D eigenvalue weighted by molar-refractivity contribution is 7.92. The van der Waals surface area contributed by atoms with E-state index in [2.05, 4.69) is 15.1 Å². The Morgan fingerprint density at radius 2 is 1.68 bits per heavy atom. The van der Waals surface area contributed by atoms with Crippen molar-refractivity contribution in [2.24, 2.45) is 23.7 Å². The number of piperidine rings is 1. The van der Waals surface area contributed by atoms with Gasteiger partial charge in [0.05, 0.1) is 24.4 Å². The van der Waals surface area contributed by atoms with Crippen molar-refractivity contribution in [2.75, 3.05) is 58.4 Å². The van der Waals surface area contributed by atoms with Crippen molar-refractivity contribution in [3.63, 3.8) is 0 Å². The summed E-state index contributed by atoms with van der Waals surface area (Å²) in [6.07, 6.45) is 5.88. The Hall–Kier alpha value is -3.18. The highest BCUT2D eigenvalue weighted by Crippen LogP contribution is 2.53. The maximum Gasteiger partial charge on any atom is 0.406 e. The van der Waals surface area contributed by atoms with E-state index in [4.69, 9.17) is 9.47 Å². The van der Waals surface area contributed by atoms with Gasteiger partial charge < -0.3 is 24.6 Å². The summed E-state index contributed by atoms with van der Waals surface area (Å²) in [4.78, 5) is 30.2. The highest BCUT2D eigenvalue weighted by Gasteiger charge is 2.52. The van der Waals surface area contributed by atoms with Crippen LogP contribution in [0, 0.1) is 29.5 Å². The van der Waals surface area contributed by atoms with Crippen LogP contribution in [0.4, 0.5) is 14.9 Å². The standard InChI is InChI=1S/C36H48FN3O6S/c1-45-34(41)19-26-5-3-8-33(26)36(24-38-35(42)46-2,28-6-4-7-29(37)20-28)27-15-17-39(18-16-27)21-25-22-40(23-25)30-9-11-31(12-10-30)47(43,44)32-13-14-32/h4,6-7,9-12,20,25-27,32-33H,3,5,8,13-19,21-24H2,1-2H3,(H,38,42)/t26-,33+,36+/m1/s1. The van der Waals surface area contributed by atoms with Gasteiger partial charge >= 0.3 is 12.1 Å². The van der Waals surface area contributed by atoms with E-state index in [1.807, 2.05) is 18.2 Å². The lowest BCUT2D eigenvalue weighted by Crippen LogP contribution is -2.56. The molecule has 47 heavy (non-hydrogen) atoms. The van der Waals surface area contributed by atoms with E-state index >= 15 is 0 Å². The molecular formula is C36H48FN3O6S. The molecule has 2 heterocycles. The quantitative estimate of drug-likeness (QED) is 0.309. The number of rotatable bonds is 12. The molecule has 3 atom stereocenters. The Bertz CT molecular complexity index is 1520. The minimum atomic E-state index is -3.18. The van der Waals surface area contributed by atoms with E-state index in [0.717, 1.165) is 88.9 Å². The molecule has 1 amide bonds. The van der Waals surface area contributed by atoms with Crippen LogP contribution in [-0.4, -0.2) is 84.1 Å². The maximum atomic E-state index is 14.9. The van der Waals surface area contributed by atoms with Crippen LogP contribution >= 0.6 is 0 Å². The predicted octanol–water partition coefficient (Wildman–Crippen LogP) is 5.18. The zero-order valence-electron chi connectivity index (χ0n) is 27.5. The molecule has 0 spiro atoms. The second-order valence-electron chi connectivity index (χ2n) is 14.1. The molecule has 2 saturated carbocycles. The monoisotopic (exact) mass is 669 g/mol. The fourth-order valence-electron chi connectivity index (χ4n) is 8.76. The number of carbonyl (C=O) groups excluding carboxylic acids is 2. The number of halogens is 1. The van der Waals surface area contributed by atoms with Gasteiger partial charge in [0.2, 0.25) is 0 Å². The van der Waals surface area contributed by atoms with Gasteiger partial charge in [-0.3, -0.25) is 4.79 Å². The van der Waals surface area contributed by atoms with Gasteiger partial charge in [-0.2, -0.15) is 0 Å². The largest absolute Gasteiger partial charge is 0.469 e. The Morgan fingerprint density at radius 3 is 2.32 bits per heavy atom. The van der Waals surface area contributed by atoms with Crippen molar-refractivity contribution >= 4 is 27.6 Å². The minimum absolute atomic E-state index is 0.0722. The van der Waals surface area contributed by atoms with Crippen molar-refractivity contribution in [3.8, 4) is 0 Å². The van der Waals surface area contributed by atoms with Gasteiger partial charge in [0.15, 0.2) is 9.84 Å². The molecule has 2 aromatic rings. The summed E-state index contributed by atoms with van der Waals surface area (Å²) in [6.45, 7) is 4.97. The minimum Gasteiger partial charge on any atom is -0.469 e. The number of likely N-dealkylation sites (tertiary alicyclic amines) is 1. The van der Waals surface area contributed by atoms with Crippen LogP contribution < -0.4 is 10.2 Å². The fraction of sp³-hybridized carbons (Fsp3) is 0.611. The first-order chi connectivity index (χ1) is 22.6. The molecule has 1 N–H and O–H groups in total. The van der Waals surface area contributed by atoms with Crippen LogP contribution in [0.15, 0.2) is 53.4 Å². The maximum absolute atomic E-state index is 14.9. The molecule has 0 unspecified atom stereocenters. The van der Waals surface area contributed by atoms with Crippen LogP contribution in [0.5, 0.6) is 0 Å². The Balaban J connectivity index is 1.14. The van der Waals surface area contributed by atoms with Gasteiger partial charge in [-0.25, -0.2) is 17.6 Å². The molecule has 0 aromatic heterocycles. The molecule has 2 aliphatic heterocycles. The number of nitrogens with zero attached hydrogens (tertiary/aromatic N) is 2. The van der Waals surface area contributed by atoms with Crippen molar-refractivity contribution in [1.29, 1.82) is 0 Å². The van der Waals surface area contributed by atoms with E-state index in [0.29, 0.717) is 23.8 Å². The number of hydrogen-bond acceptors (Lipinski definition) is 8. The van der Waals surface area contributed by atoms with Crippen LogP contribution in [0.3, 0.4) is 0 Å². The lowest BCUT2D eigenvalue weighted by Gasteiger charge is -2.51. The molecule has 9 nitrogen and oxygen atoms in total. The number of methoxy groups -OCH3 is 2. The molecule has 2 aromatic carbocycles. The summed E-state index contributed by atoms with van der Waals surface area (Å²) in [5, 5.41) is 2.80. The third-order valence-electron chi connectivity index (χ3n) is 11.3. The SMILES string of the molecule is COC(=O)C[C@H]1CCC[C@@H]1[C@](CNC(=O)OC)(c1cccc(F)c1)C1CCN(CC2CN(c3ccc(S(=O)(=O)C4CC4)cc3)C2)CC1.